The van der Waals surface area contributed by atoms with E-state index in [1.165, 1.54) is 31.4 Å². The molecule has 0 spiro atoms. The molecular weight excluding hydrogens is 339 g/mol. The van der Waals surface area contributed by atoms with Crippen LogP contribution in [0.1, 0.15) is 45.4 Å². The molecule has 0 aliphatic heterocycles. The molecule has 1 atom stereocenters. The number of nitrogens with one attached hydrogen (secondary N) is 1. The predicted molar refractivity (Wildman–Crippen MR) is 85.0 cm³/mol. The van der Waals surface area contributed by atoms with Crippen molar-refractivity contribution in [1.29, 1.82) is 0 Å². The van der Waals surface area contributed by atoms with E-state index in [1.807, 2.05) is 0 Å². The van der Waals surface area contributed by atoms with Crippen molar-refractivity contribution < 1.29 is 9.31 Å². The van der Waals surface area contributed by atoms with Crippen molar-refractivity contribution in [3.8, 4) is 0 Å². The van der Waals surface area contributed by atoms with Crippen molar-refractivity contribution in [1.82, 2.24) is 0 Å². The van der Waals surface area contributed by atoms with Crippen LogP contribution in [-0.2, 0) is 0 Å². The zero-order valence-corrected chi connectivity index (χ0v) is 13.7. The Kier molecular flexibility index (Phi) is 5.56. The molecule has 0 heterocycles. The van der Waals surface area contributed by atoms with Gasteiger partial charge in [0.1, 0.15) is 11.5 Å². The van der Waals surface area contributed by atoms with E-state index in [9.17, 15) is 14.5 Å². The minimum atomic E-state index is -0.485. The van der Waals surface area contributed by atoms with Gasteiger partial charge in [-0.1, -0.05) is 26.2 Å². The second-order valence-corrected chi connectivity index (χ2v) is 6.45. The second kappa shape index (κ2) is 7.20. The minimum Gasteiger partial charge on any atom is -0.376 e. The third-order valence-corrected chi connectivity index (χ3v) is 4.84. The smallest absolute Gasteiger partial charge is 0.293 e. The molecule has 1 aromatic rings. The number of benzene rings is 1. The van der Waals surface area contributed by atoms with Gasteiger partial charge in [-0.15, -0.1) is 0 Å². The number of nitrogens with zero attached hydrogens (tertiary/aromatic N) is 1. The summed E-state index contributed by atoms with van der Waals surface area (Å²) in [5.41, 5.74) is 0.190. The number of halogens is 2. The first-order valence-corrected chi connectivity index (χ1v) is 8.22. The van der Waals surface area contributed by atoms with Gasteiger partial charge >= 0.3 is 0 Å². The first-order chi connectivity index (χ1) is 10.0. The molecule has 1 aliphatic rings. The van der Waals surface area contributed by atoms with Gasteiger partial charge in [-0.05, 0) is 41.1 Å². The average molecular weight is 359 g/mol. The monoisotopic (exact) mass is 358 g/mol. The Balaban J connectivity index is 2.23. The lowest BCUT2D eigenvalue weighted by Gasteiger charge is -2.30. The molecule has 1 saturated carbocycles. The lowest BCUT2D eigenvalue weighted by atomic mass is 9.83. The Morgan fingerprint density at radius 2 is 2.10 bits per heavy atom. The van der Waals surface area contributed by atoms with Crippen LogP contribution in [0.3, 0.4) is 0 Å². The van der Waals surface area contributed by atoms with Gasteiger partial charge in [-0.25, -0.2) is 4.39 Å². The average Bonchev–Trinajstić information content (AvgIpc) is 2.48. The van der Waals surface area contributed by atoms with E-state index in [2.05, 4.69) is 28.2 Å². The Labute approximate surface area is 132 Å². The lowest BCUT2D eigenvalue weighted by molar-refractivity contribution is -0.384. The molecule has 0 bridgehead atoms. The van der Waals surface area contributed by atoms with Crippen molar-refractivity contribution in [3.63, 3.8) is 0 Å². The van der Waals surface area contributed by atoms with Gasteiger partial charge in [-0.3, -0.25) is 10.1 Å². The van der Waals surface area contributed by atoms with Crippen molar-refractivity contribution in [2.24, 2.45) is 5.92 Å². The number of nitro benzene ring substituents is 1. The standard InChI is InChI=1S/C15H20BrFN2O2/c1-2-13(10-6-4-3-5-7-10)18-14-9-12(17)11(16)8-15(14)19(20)21/h8-10,13,18H,2-7H2,1H3. The summed E-state index contributed by atoms with van der Waals surface area (Å²) in [4.78, 5) is 10.7. The van der Waals surface area contributed by atoms with Crippen LogP contribution in [0.15, 0.2) is 16.6 Å². The second-order valence-electron chi connectivity index (χ2n) is 5.60. The minimum absolute atomic E-state index is 0.0856. The molecule has 0 saturated heterocycles. The highest BCUT2D eigenvalue weighted by atomic mass is 79.9. The number of anilines is 1. The fourth-order valence-electron chi connectivity index (χ4n) is 3.09. The van der Waals surface area contributed by atoms with Crippen LogP contribution in [-0.4, -0.2) is 11.0 Å². The zero-order chi connectivity index (χ0) is 15.4. The molecule has 1 aliphatic carbocycles. The maximum absolute atomic E-state index is 13.7. The maximum atomic E-state index is 13.7. The largest absolute Gasteiger partial charge is 0.376 e. The molecule has 1 N–H and O–H groups in total. The number of rotatable bonds is 5. The van der Waals surface area contributed by atoms with E-state index in [0.717, 1.165) is 19.3 Å². The summed E-state index contributed by atoms with van der Waals surface area (Å²) < 4.78 is 13.8. The molecule has 1 aromatic carbocycles. The van der Waals surface area contributed by atoms with Crippen molar-refractivity contribution in [2.45, 2.75) is 51.5 Å². The molecule has 1 fully saturated rings. The molecule has 6 heteroatoms. The first-order valence-electron chi connectivity index (χ1n) is 7.43. The van der Waals surface area contributed by atoms with Crippen LogP contribution < -0.4 is 5.32 Å². The normalized spacial score (nSPS) is 17.5. The van der Waals surface area contributed by atoms with Crippen molar-refractivity contribution in [3.05, 3.63) is 32.5 Å². The van der Waals surface area contributed by atoms with Crippen LogP contribution in [0.4, 0.5) is 15.8 Å². The van der Waals surface area contributed by atoms with E-state index >= 15 is 0 Å². The zero-order valence-electron chi connectivity index (χ0n) is 12.1. The quantitative estimate of drug-likeness (QED) is 0.576. The summed E-state index contributed by atoms with van der Waals surface area (Å²) in [6, 6.07) is 2.60. The van der Waals surface area contributed by atoms with Crippen LogP contribution in [0.25, 0.3) is 0 Å². The number of hydrogen-bond donors (Lipinski definition) is 1. The third-order valence-electron chi connectivity index (χ3n) is 4.23. The van der Waals surface area contributed by atoms with Crippen molar-refractivity contribution >= 4 is 27.3 Å². The fourth-order valence-corrected chi connectivity index (χ4v) is 3.42. The highest BCUT2D eigenvalue weighted by molar-refractivity contribution is 9.10. The van der Waals surface area contributed by atoms with Gasteiger partial charge in [0.25, 0.3) is 5.69 Å². The van der Waals surface area contributed by atoms with Gasteiger partial charge in [0.05, 0.1) is 9.40 Å². The molecule has 4 nitrogen and oxygen atoms in total. The molecule has 0 radical (unpaired) electrons. The summed E-state index contributed by atoms with van der Waals surface area (Å²) in [5, 5.41) is 14.4. The van der Waals surface area contributed by atoms with Gasteiger partial charge in [0.15, 0.2) is 0 Å². The maximum Gasteiger partial charge on any atom is 0.293 e. The van der Waals surface area contributed by atoms with Gasteiger partial charge in [-0.2, -0.15) is 0 Å². The van der Waals surface area contributed by atoms with Gasteiger partial charge in [0.2, 0.25) is 0 Å². The number of nitro groups is 1. The van der Waals surface area contributed by atoms with Crippen molar-refractivity contribution in [2.75, 3.05) is 5.32 Å². The third kappa shape index (κ3) is 3.93. The van der Waals surface area contributed by atoms with Crippen LogP contribution in [0.5, 0.6) is 0 Å². The molecule has 0 aromatic heterocycles. The molecule has 116 valence electrons. The van der Waals surface area contributed by atoms with Crippen LogP contribution >= 0.6 is 15.9 Å². The van der Waals surface area contributed by atoms with E-state index in [0.29, 0.717) is 5.92 Å². The van der Waals surface area contributed by atoms with E-state index < -0.39 is 10.7 Å². The van der Waals surface area contributed by atoms with Crippen LogP contribution in [0, 0.1) is 21.8 Å². The summed E-state index contributed by atoms with van der Waals surface area (Å²) in [6.07, 6.45) is 6.83. The topological polar surface area (TPSA) is 55.2 Å². The molecule has 2 rings (SSSR count). The Morgan fingerprint density at radius 1 is 1.43 bits per heavy atom. The molecule has 0 amide bonds. The SMILES string of the molecule is CCC(Nc1cc(F)c(Br)cc1[N+](=O)[O-])C1CCCCC1. The summed E-state index contributed by atoms with van der Waals surface area (Å²) in [6.45, 7) is 2.06. The fraction of sp³-hybridized carbons (Fsp3) is 0.600. The van der Waals surface area contributed by atoms with E-state index in [1.54, 1.807) is 0 Å². The lowest BCUT2D eigenvalue weighted by Crippen LogP contribution is -2.30. The Hall–Kier alpha value is -1.17. The molecule has 1 unspecified atom stereocenters. The summed E-state index contributed by atoms with van der Waals surface area (Å²) >= 11 is 3.00. The van der Waals surface area contributed by atoms with E-state index in [4.69, 9.17) is 0 Å². The molecule has 21 heavy (non-hydrogen) atoms. The predicted octanol–water partition coefficient (Wildman–Crippen LogP) is 5.27. The van der Waals surface area contributed by atoms with E-state index in [-0.39, 0.29) is 21.9 Å². The molecular formula is C15H20BrFN2O2. The Morgan fingerprint density at radius 3 is 2.67 bits per heavy atom. The van der Waals surface area contributed by atoms with Gasteiger partial charge < -0.3 is 5.32 Å². The Bertz CT molecular complexity index is 519. The first kappa shape index (κ1) is 16.2. The summed E-state index contributed by atoms with van der Waals surface area (Å²) in [7, 11) is 0. The highest BCUT2D eigenvalue weighted by Gasteiger charge is 2.25. The highest BCUT2D eigenvalue weighted by Crippen LogP contribution is 2.34. The van der Waals surface area contributed by atoms with Crippen LogP contribution in [0.2, 0.25) is 0 Å². The number of hydrogen-bond acceptors (Lipinski definition) is 3. The van der Waals surface area contributed by atoms with Gasteiger partial charge in [0, 0.05) is 18.2 Å². The summed E-state index contributed by atoms with van der Waals surface area (Å²) in [5.74, 6) is 0.0247.